The topological polar surface area (TPSA) is 76.9 Å². The van der Waals surface area contributed by atoms with Crippen LogP contribution in [0.4, 0.5) is 0 Å². The number of hydrogen-bond donors (Lipinski definition) is 1. The van der Waals surface area contributed by atoms with Gasteiger partial charge in [0.25, 0.3) is 5.56 Å². The van der Waals surface area contributed by atoms with Gasteiger partial charge >= 0.3 is 0 Å². The lowest BCUT2D eigenvalue weighted by Gasteiger charge is -2.14. The van der Waals surface area contributed by atoms with Crippen LogP contribution in [0.2, 0.25) is 5.02 Å². The lowest BCUT2D eigenvalue weighted by Crippen LogP contribution is -2.33. The standard InChI is InChI=1S/C24H21ClN4O2S/c25-17-9-7-15(8-10-17)12-27-20(30)14-29-22(16-4-3-11-26-13-16)28-23-21(24(29)31)18-5-1-2-6-19(18)32-23/h3-4,7-11,13H,1-2,5-6,12,14H2,(H,27,30). The fourth-order valence-electron chi connectivity index (χ4n) is 4.10. The normalized spacial score (nSPS) is 13.2. The Bertz CT molecular complexity index is 1350. The van der Waals surface area contributed by atoms with Crippen LogP contribution in [0.3, 0.4) is 0 Å². The summed E-state index contributed by atoms with van der Waals surface area (Å²) in [6, 6.07) is 11.0. The minimum Gasteiger partial charge on any atom is -0.350 e. The fourth-order valence-corrected chi connectivity index (χ4v) is 5.48. The molecule has 1 aliphatic rings. The van der Waals surface area contributed by atoms with Gasteiger partial charge in [-0.15, -0.1) is 11.3 Å². The highest BCUT2D eigenvalue weighted by molar-refractivity contribution is 7.18. The minimum absolute atomic E-state index is 0.107. The molecule has 1 aromatic carbocycles. The zero-order valence-electron chi connectivity index (χ0n) is 17.3. The second kappa shape index (κ2) is 8.84. The number of pyridine rings is 1. The first-order chi connectivity index (χ1) is 15.6. The van der Waals surface area contributed by atoms with Crippen molar-refractivity contribution >= 4 is 39.1 Å². The number of carbonyl (C=O) groups excluding carboxylic acids is 1. The van der Waals surface area contributed by atoms with Gasteiger partial charge in [-0.1, -0.05) is 23.7 Å². The molecule has 0 aliphatic heterocycles. The quantitative estimate of drug-likeness (QED) is 0.476. The number of carbonyl (C=O) groups is 1. The van der Waals surface area contributed by atoms with Crippen molar-refractivity contribution in [1.82, 2.24) is 19.9 Å². The Morgan fingerprint density at radius 2 is 1.97 bits per heavy atom. The van der Waals surface area contributed by atoms with Gasteiger partial charge in [-0.3, -0.25) is 19.1 Å². The number of halogens is 1. The lowest BCUT2D eigenvalue weighted by molar-refractivity contribution is -0.121. The maximum absolute atomic E-state index is 13.6. The number of thiophene rings is 1. The van der Waals surface area contributed by atoms with Crippen LogP contribution in [0, 0.1) is 0 Å². The van der Waals surface area contributed by atoms with Gasteiger partial charge in [-0.2, -0.15) is 0 Å². The van der Waals surface area contributed by atoms with Gasteiger partial charge in [0.2, 0.25) is 5.91 Å². The molecule has 0 unspecified atom stereocenters. The smallest absolute Gasteiger partial charge is 0.263 e. The van der Waals surface area contributed by atoms with Crippen molar-refractivity contribution in [3.63, 3.8) is 0 Å². The number of rotatable bonds is 5. The SMILES string of the molecule is O=C(Cn1c(-c2cccnc2)nc2sc3c(c2c1=O)CCCC3)NCc1ccc(Cl)cc1. The van der Waals surface area contributed by atoms with Gasteiger partial charge < -0.3 is 5.32 Å². The van der Waals surface area contributed by atoms with Gasteiger partial charge in [0, 0.05) is 34.4 Å². The summed E-state index contributed by atoms with van der Waals surface area (Å²) in [6.07, 6.45) is 7.43. The molecule has 1 aliphatic carbocycles. The molecule has 0 atom stereocenters. The monoisotopic (exact) mass is 464 g/mol. The maximum atomic E-state index is 13.6. The molecule has 3 aromatic heterocycles. The van der Waals surface area contributed by atoms with Crippen LogP contribution in [-0.4, -0.2) is 20.4 Å². The third-order valence-electron chi connectivity index (χ3n) is 5.70. The molecule has 1 amide bonds. The number of amides is 1. The predicted octanol–water partition coefficient (Wildman–Crippen LogP) is 4.37. The fraction of sp³-hybridized carbons (Fsp3) is 0.250. The third kappa shape index (κ3) is 4.06. The molecule has 32 heavy (non-hydrogen) atoms. The molecule has 5 rings (SSSR count). The maximum Gasteiger partial charge on any atom is 0.263 e. The second-order valence-corrected chi connectivity index (χ2v) is 9.38. The Kier molecular flexibility index (Phi) is 5.76. The summed E-state index contributed by atoms with van der Waals surface area (Å²) in [5.41, 5.74) is 2.60. The first-order valence-corrected chi connectivity index (χ1v) is 11.8. The molecule has 0 bridgehead atoms. The molecule has 162 valence electrons. The summed E-state index contributed by atoms with van der Waals surface area (Å²) in [5.74, 6) is 0.216. The van der Waals surface area contributed by atoms with Crippen LogP contribution < -0.4 is 10.9 Å². The molecule has 0 fully saturated rings. The minimum atomic E-state index is -0.252. The summed E-state index contributed by atoms with van der Waals surface area (Å²) in [5, 5.41) is 4.21. The van der Waals surface area contributed by atoms with Crippen molar-refractivity contribution in [3.05, 3.63) is 80.2 Å². The van der Waals surface area contributed by atoms with E-state index in [2.05, 4.69) is 10.3 Å². The van der Waals surface area contributed by atoms with Crippen molar-refractivity contribution in [1.29, 1.82) is 0 Å². The molecular formula is C24H21ClN4O2S. The molecule has 0 saturated heterocycles. The number of fused-ring (bicyclic) bond motifs is 3. The second-order valence-electron chi connectivity index (χ2n) is 7.86. The predicted molar refractivity (Wildman–Crippen MR) is 127 cm³/mol. The number of benzene rings is 1. The van der Waals surface area contributed by atoms with Crippen molar-refractivity contribution in [2.75, 3.05) is 0 Å². The molecule has 0 saturated carbocycles. The Morgan fingerprint density at radius 1 is 1.16 bits per heavy atom. The average Bonchev–Trinajstić information content (AvgIpc) is 3.20. The first-order valence-electron chi connectivity index (χ1n) is 10.6. The van der Waals surface area contributed by atoms with Crippen LogP contribution >= 0.6 is 22.9 Å². The zero-order chi connectivity index (χ0) is 22.1. The number of nitrogens with one attached hydrogen (secondary N) is 1. The summed E-state index contributed by atoms with van der Waals surface area (Å²) < 4.78 is 1.48. The van der Waals surface area contributed by atoms with E-state index in [1.54, 1.807) is 41.9 Å². The molecule has 4 aromatic rings. The number of aryl methyl sites for hydroxylation is 2. The van der Waals surface area contributed by atoms with E-state index in [1.807, 2.05) is 18.2 Å². The molecule has 6 nitrogen and oxygen atoms in total. The van der Waals surface area contributed by atoms with Gasteiger partial charge in [0.05, 0.1) is 5.39 Å². The van der Waals surface area contributed by atoms with Gasteiger partial charge in [0.15, 0.2) is 0 Å². The van der Waals surface area contributed by atoms with Gasteiger partial charge in [-0.25, -0.2) is 4.98 Å². The van der Waals surface area contributed by atoms with Crippen molar-refractivity contribution in [2.24, 2.45) is 0 Å². The highest BCUT2D eigenvalue weighted by Crippen LogP contribution is 2.34. The van der Waals surface area contributed by atoms with Crippen LogP contribution in [0.25, 0.3) is 21.6 Å². The summed E-state index contributed by atoms with van der Waals surface area (Å²) in [6.45, 7) is 0.251. The van der Waals surface area contributed by atoms with Gasteiger partial charge in [0.1, 0.15) is 17.2 Å². The van der Waals surface area contributed by atoms with E-state index in [-0.39, 0.29) is 18.0 Å². The molecule has 3 heterocycles. The van der Waals surface area contributed by atoms with Crippen molar-refractivity contribution in [3.8, 4) is 11.4 Å². The van der Waals surface area contributed by atoms with E-state index in [1.165, 1.54) is 9.44 Å². The molecular weight excluding hydrogens is 444 g/mol. The number of hydrogen-bond acceptors (Lipinski definition) is 5. The summed E-state index contributed by atoms with van der Waals surface area (Å²) in [4.78, 5) is 37.4. The Morgan fingerprint density at radius 3 is 2.75 bits per heavy atom. The van der Waals surface area contributed by atoms with Crippen LogP contribution in [0.1, 0.15) is 28.8 Å². The van der Waals surface area contributed by atoms with E-state index in [4.69, 9.17) is 16.6 Å². The average molecular weight is 465 g/mol. The van der Waals surface area contributed by atoms with E-state index in [0.717, 1.165) is 41.6 Å². The van der Waals surface area contributed by atoms with E-state index < -0.39 is 0 Å². The van der Waals surface area contributed by atoms with Crippen molar-refractivity contribution < 1.29 is 4.79 Å². The Balaban J connectivity index is 1.52. The van der Waals surface area contributed by atoms with Crippen LogP contribution in [-0.2, 0) is 30.7 Å². The summed E-state index contributed by atoms with van der Waals surface area (Å²) >= 11 is 7.53. The van der Waals surface area contributed by atoms with Gasteiger partial charge in [-0.05, 0) is 61.1 Å². The van der Waals surface area contributed by atoms with Crippen molar-refractivity contribution in [2.45, 2.75) is 38.8 Å². The van der Waals surface area contributed by atoms with E-state index >= 15 is 0 Å². The van der Waals surface area contributed by atoms with Crippen LogP contribution in [0.5, 0.6) is 0 Å². The largest absolute Gasteiger partial charge is 0.350 e. The molecule has 0 spiro atoms. The summed E-state index contributed by atoms with van der Waals surface area (Å²) in [7, 11) is 0. The molecule has 8 heteroatoms. The Labute approximate surface area is 193 Å². The third-order valence-corrected chi connectivity index (χ3v) is 7.14. The molecule has 1 N–H and O–H groups in total. The number of aromatic nitrogens is 3. The Hall–Kier alpha value is -3.03. The number of nitrogens with zero attached hydrogens (tertiary/aromatic N) is 3. The highest BCUT2D eigenvalue weighted by Gasteiger charge is 2.23. The first kappa shape index (κ1) is 20.8. The van der Waals surface area contributed by atoms with E-state index in [0.29, 0.717) is 28.3 Å². The van der Waals surface area contributed by atoms with E-state index in [9.17, 15) is 9.59 Å². The lowest BCUT2D eigenvalue weighted by atomic mass is 9.97. The zero-order valence-corrected chi connectivity index (χ0v) is 18.9. The van der Waals surface area contributed by atoms with Crippen LogP contribution in [0.15, 0.2) is 53.6 Å². The highest BCUT2D eigenvalue weighted by atomic mass is 35.5. The molecule has 0 radical (unpaired) electrons.